The van der Waals surface area contributed by atoms with E-state index in [1.807, 2.05) is 24.5 Å². The second-order valence-corrected chi connectivity index (χ2v) is 6.23. The summed E-state index contributed by atoms with van der Waals surface area (Å²) in [5, 5.41) is 2.63. The van der Waals surface area contributed by atoms with E-state index < -0.39 is 0 Å². The molecular formula is C22H24N2Y-2. The molecule has 25 heavy (non-hydrogen) atoms. The second kappa shape index (κ2) is 8.82. The van der Waals surface area contributed by atoms with Gasteiger partial charge in [-0.1, -0.05) is 62.3 Å². The Balaban J connectivity index is 0.000000214. The van der Waals surface area contributed by atoms with Crippen molar-refractivity contribution in [1.29, 1.82) is 0 Å². The molecule has 0 unspecified atom stereocenters. The molecule has 2 aromatic carbocycles. The smallest absolute Gasteiger partial charge is 0.0468 e. The normalized spacial score (nSPS) is 13.0. The minimum atomic E-state index is 0. The van der Waals surface area contributed by atoms with Crippen LogP contribution >= 0.6 is 0 Å². The number of hydrogen-bond donors (Lipinski definition) is 0. The van der Waals surface area contributed by atoms with Gasteiger partial charge in [-0.25, -0.2) is 0 Å². The van der Waals surface area contributed by atoms with Gasteiger partial charge < -0.3 is 23.0 Å². The molecule has 127 valence electrons. The predicted octanol–water partition coefficient (Wildman–Crippen LogP) is 6.07. The van der Waals surface area contributed by atoms with E-state index in [-0.39, 0.29) is 38.8 Å². The molecule has 0 amide bonds. The van der Waals surface area contributed by atoms with Crippen molar-refractivity contribution in [3.8, 4) is 0 Å². The zero-order valence-electron chi connectivity index (χ0n) is 15.0. The maximum absolute atomic E-state index is 4.14. The van der Waals surface area contributed by atoms with Crippen LogP contribution in [0.1, 0.15) is 25.9 Å². The molecule has 2 heterocycles. The van der Waals surface area contributed by atoms with Crippen LogP contribution in [0.2, 0.25) is 0 Å². The van der Waals surface area contributed by atoms with Crippen LogP contribution in [0.3, 0.4) is 0 Å². The number of benzene rings is 2. The summed E-state index contributed by atoms with van der Waals surface area (Å²) < 4.78 is 4.35. The first-order valence-electron chi connectivity index (χ1n) is 8.36. The topological polar surface area (TPSA) is 9.86 Å². The Morgan fingerprint density at radius 1 is 0.680 bits per heavy atom. The standard InChI is InChI=1S/C15H14N.C7H10N.Y/c1-11(2)16-14-9-5-3-7-12(14)13-8-4-6-10-15(13)16;1-7(2)8-5-3-4-6-8;/h3-11H,1H2,2H3;3-7H,1H2,2H3;/q2*-1;/t11-;7-;/m00./s1. The summed E-state index contributed by atoms with van der Waals surface area (Å²) >= 11 is 0. The quantitative estimate of drug-likeness (QED) is 0.358. The fourth-order valence-corrected chi connectivity index (χ4v) is 3.07. The van der Waals surface area contributed by atoms with Crippen LogP contribution < -0.4 is 0 Å². The van der Waals surface area contributed by atoms with Gasteiger partial charge in [0, 0.05) is 66.9 Å². The average molecular weight is 405 g/mol. The van der Waals surface area contributed by atoms with E-state index in [1.54, 1.807) is 0 Å². The van der Waals surface area contributed by atoms with Gasteiger partial charge >= 0.3 is 0 Å². The fraction of sp³-hybridized carbons (Fsp3) is 0.182. The van der Waals surface area contributed by atoms with E-state index in [4.69, 9.17) is 0 Å². The van der Waals surface area contributed by atoms with Crippen LogP contribution in [0.15, 0.2) is 73.1 Å². The molecule has 1 radical (unpaired) electrons. The molecule has 0 bridgehead atoms. The first-order valence-corrected chi connectivity index (χ1v) is 8.36. The number of para-hydroxylation sites is 2. The molecule has 0 aliphatic carbocycles. The average Bonchev–Trinajstić information content (AvgIpc) is 3.22. The molecule has 0 fully saturated rings. The summed E-state index contributed by atoms with van der Waals surface area (Å²) in [5.41, 5.74) is 2.54. The molecule has 0 N–H and O–H groups in total. The van der Waals surface area contributed by atoms with E-state index >= 15 is 0 Å². The molecule has 0 saturated heterocycles. The predicted molar refractivity (Wildman–Crippen MR) is 104 cm³/mol. The Hall–Kier alpha value is -1.38. The molecule has 0 aliphatic rings. The van der Waals surface area contributed by atoms with Gasteiger partial charge in [0.15, 0.2) is 0 Å². The summed E-state index contributed by atoms with van der Waals surface area (Å²) in [4.78, 5) is 0. The van der Waals surface area contributed by atoms with Gasteiger partial charge in [0.1, 0.15) is 0 Å². The molecular weight excluding hydrogens is 381 g/mol. The number of aromatic nitrogens is 2. The van der Waals surface area contributed by atoms with E-state index in [0.717, 1.165) is 0 Å². The third-order valence-corrected chi connectivity index (χ3v) is 4.19. The Bertz CT molecular complexity index is 864. The van der Waals surface area contributed by atoms with Crippen molar-refractivity contribution in [2.24, 2.45) is 0 Å². The third kappa shape index (κ3) is 4.24. The molecule has 0 aliphatic heterocycles. The maximum Gasteiger partial charge on any atom is 0.0468 e. The van der Waals surface area contributed by atoms with Crippen molar-refractivity contribution in [3.63, 3.8) is 0 Å². The Morgan fingerprint density at radius 3 is 1.48 bits per heavy atom. The molecule has 2 aromatic heterocycles. The zero-order chi connectivity index (χ0) is 17.1. The number of rotatable bonds is 2. The second-order valence-electron chi connectivity index (χ2n) is 6.23. The van der Waals surface area contributed by atoms with Gasteiger partial charge in [-0.3, -0.25) is 0 Å². The van der Waals surface area contributed by atoms with Crippen molar-refractivity contribution in [3.05, 3.63) is 86.9 Å². The Kier molecular flexibility index (Phi) is 7.04. The Labute approximate surface area is 175 Å². The van der Waals surface area contributed by atoms with Crippen molar-refractivity contribution in [1.82, 2.24) is 9.13 Å². The first-order chi connectivity index (χ1) is 11.6. The molecule has 2 atom stereocenters. The van der Waals surface area contributed by atoms with Crippen molar-refractivity contribution < 1.29 is 32.7 Å². The van der Waals surface area contributed by atoms with Gasteiger partial charge in [0.2, 0.25) is 0 Å². The van der Waals surface area contributed by atoms with Crippen LogP contribution in [0.25, 0.3) is 21.8 Å². The fourth-order valence-electron chi connectivity index (χ4n) is 3.07. The van der Waals surface area contributed by atoms with Crippen molar-refractivity contribution >= 4 is 21.8 Å². The summed E-state index contributed by atoms with van der Waals surface area (Å²) in [6.07, 6.45) is 4.02. The monoisotopic (exact) mass is 405 g/mol. The van der Waals surface area contributed by atoms with Gasteiger partial charge in [0.05, 0.1) is 0 Å². The summed E-state index contributed by atoms with van der Waals surface area (Å²) in [6, 6.07) is 21.6. The van der Waals surface area contributed by atoms with Crippen LogP contribution in [0.5, 0.6) is 0 Å². The molecule has 2 nitrogen and oxygen atoms in total. The summed E-state index contributed by atoms with van der Waals surface area (Å²) in [5.74, 6) is 0. The molecule has 4 aromatic rings. The van der Waals surface area contributed by atoms with Crippen LogP contribution in [-0.2, 0) is 32.7 Å². The molecule has 0 spiro atoms. The number of nitrogens with zero attached hydrogens (tertiary/aromatic N) is 2. The van der Waals surface area contributed by atoms with E-state index in [2.05, 4.69) is 85.4 Å². The van der Waals surface area contributed by atoms with E-state index in [0.29, 0.717) is 6.04 Å². The van der Waals surface area contributed by atoms with Gasteiger partial charge in [-0.05, 0) is 24.3 Å². The zero-order valence-corrected chi connectivity index (χ0v) is 17.8. The van der Waals surface area contributed by atoms with E-state index in [1.165, 1.54) is 21.8 Å². The number of fused-ring (bicyclic) bond motifs is 3. The summed E-state index contributed by atoms with van der Waals surface area (Å²) in [7, 11) is 0. The largest absolute Gasteiger partial charge is 0.381 e. The minimum absolute atomic E-state index is 0. The van der Waals surface area contributed by atoms with Crippen molar-refractivity contribution in [2.45, 2.75) is 25.9 Å². The first kappa shape index (κ1) is 19.9. The van der Waals surface area contributed by atoms with Crippen LogP contribution in [-0.4, -0.2) is 9.13 Å². The minimum Gasteiger partial charge on any atom is -0.381 e. The Morgan fingerprint density at radius 2 is 1.12 bits per heavy atom. The van der Waals surface area contributed by atoms with Crippen LogP contribution in [0, 0.1) is 13.8 Å². The maximum atomic E-state index is 4.14. The molecule has 0 saturated carbocycles. The SMILES string of the molecule is [CH2-][C@@H](C)n1c2ccccc2c2ccccc21.[CH2-][C@@H](C)n1cccc1.[Y]. The summed E-state index contributed by atoms with van der Waals surface area (Å²) in [6.45, 7) is 12.2. The van der Waals surface area contributed by atoms with Gasteiger partial charge in [-0.2, -0.15) is 0 Å². The third-order valence-electron chi connectivity index (χ3n) is 4.19. The van der Waals surface area contributed by atoms with Crippen LogP contribution in [0.4, 0.5) is 0 Å². The molecule has 3 heteroatoms. The molecule has 4 rings (SSSR count). The van der Waals surface area contributed by atoms with Crippen molar-refractivity contribution in [2.75, 3.05) is 0 Å². The van der Waals surface area contributed by atoms with Gasteiger partial charge in [0.25, 0.3) is 0 Å². The van der Waals surface area contributed by atoms with Gasteiger partial charge in [-0.15, -0.1) is 0 Å². The van der Waals surface area contributed by atoms with E-state index in [9.17, 15) is 0 Å². The number of hydrogen-bond acceptors (Lipinski definition) is 0.